The number of hydrogen-bond donors (Lipinski definition) is 1. The highest BCUT2D eigenvalue weighted by Crippen LogP contribution is 2.33. The topological polar surface area (TPSA) is 68.0 Å². The molecule has 0 amide bonds. The number of aromatic carboxylic acids is 1. The fraction of sp³-hybridized carbons (Fsp3) is 0.154. The molecule has 0 bridgehead atoms. The zero-order chi connectivity index (χ0) is 14.3. The molecule has 0 aliphatic rings. The standard InChI is InChI=1S/C13H11N3O2S2/c1-7-9(4-14-16(7)2)12-15-10(6-20-12)11-3-8(5-19-11)13(17)18/h3-6H,1-2H3,(H,17,18). The second-order valence-corrected chi connectivity index (χ2v) is 6.08. The van der Waals surface area contributed by atoms with Crippen LogP contribution in [-0.2, 0) is 7.05 Å². The normalized spacial score (nSPS) is 10.9. The third kappa shape index (κ3) is 2.14. The van der Waals surface area contributed by atoms with Crippen LogP contribution in [0.1, 0.15) is 16.1 Å². The minimum absolute atomic E-state index is 0.303. The SMILES string of the molecule is Cc1c(-c2nc(-c3cc(C(=O)O)cs3)cs2)cnn1C. The number of thiazole rings is 1. The largest absolute Gasteiger partial charge is 0.478 e. The van der Waals surface area contributed by atoms with Gasteiger partial charge in [-0.25, -0.2) is 9.78 Å². The Hall–Kier alpha value is -1.99. The molecule has 0 radical (unpaired) electrons. The van der Waals surface area contributed by atoms with Crippen molar-refractivity contribution in [3.63, 3.8) is 0 Å². The van der Waals surface area contributed by atoms with Crippen LogP contribution in [0, 0.1) is 6.92 Å². The summed E-state index contributed by atoms with van der Waals surface area (Å²) in [5, 5.41) is 17.6. The maximum atomic E-state index is 10.9. The van der Waals surface area contributed by atoms with E-state index in [0.29, 0.717) is 5.56 Å². The molecule has 3 aromatic rings. The highest BCUT2D eigenvalue weighted by Gasteiger charge is 2.14. The Labute approximate surface area is 123 Å². The van der Waals surface area contributed by atoms with E-state index in [1.165, 1.54) is 22.7 Å². The summed E-state index contributed by atoms with van der Waals surface area (Å²) < 4.78 is 1.81. The second kappa shape index (κ2) is 4.84. The molecule has 0 aliphatic carbocycles. The first kappa shape index (κ1) is 13.0. The van der Waals surface area contributed by atoms with Crippen LogP contribution in [0.4, 0.5) is 0 Å². The third-order valence-electron chi connectivity index (χ3n) is 3.07. The van der Waals surface area contributed by atoms with Crippen LogP contribution in [0.25, 0.3) is 21.1 Å². The monoisotopic (exact) mass is 305 g/mol. The summed E-state index contributed by atoms with van der Waals surface area (Å²) in [6, 6.07) is 1.65. The van der Waals surface area contributed by atoms with Gasteiger partial charge >= 0.3 is 5.97 Å². The number of aryl methyl sites for hydroxylation is 1. The Morgan fingerprint density at radius 3 is 2.75 bits per heavy atom. The molecule has 102 valence electrons. The minimum Gasteiger partial charge on any atom is -0.478 e. The van der Waals surface area contributed by atoms with Gasteiger partial charge in [0, 0.05) is 23.5 Å². The number of carbonyl (C=O) groups is 1. The molecule has 0 fully saturated rings. The summed E-state index contributed by atoms with van der Waals surface area (Å²) in [5.41, 5.74) is 3.19. The van der Waals surface area contributed by atoms with Gasteiger partial charge in [0.1, 0.15) is 5.01 Å². The van der Waals surface area contributed by atoms with Crippen LogP contribution in [0.5, 0.6) is 0 Å². The number of nitrogens with zero attached hydrogens (tertiary/aromatic N) is 3. The van der Waals surface area contributed by atoms with Gasteiger partial charge in [0.15, 0.2) is 0 Å². The number of carboxylic acids is 1. The molecule has 0 saturated carbocycles. The molecule has 20 heavy (non-hydrogen) atoms. The van der Waals surface area contributed by atoms with Gasteiger partial charge in [0.25, 0.3) is 0 Å². The van der Waals surface area contributed by atoms with Gasteiger partial charge in [-0.05, 0) is 13.0 Å². The molecule has 0 aliphatic heterocycles. The molecular formula is C13H11N3O2S2. The zero-order valence-corrected chi connectivity index (χ0v) is 12.5. The fourth-order valence-corrected chi connectivity index (χ4v) is 3.60. The van der Waals surface area contributed by atoms with Gasteiger partial charge in [-0.15, -0.1) is 22.7 Å². The van der Waals surface area contributed by atoms with Crippen molar-refractivity contribution in [2.75, 3.05) is 0 Å². The van der Waals surface area contributed by atoms with E-state index >= 15 is 0 Å². The van der Waals surface area contributed by atoms with Gasteiger partial charge in [0.05, 0.1) is 27.9 Å². The molecule has 0 atom stereocenters. The summed E-state index contributed by atoms with van der Waals surface area (Å²) in [4.78, 5) is 16.3. The lowest BCUT2D eigenvalue weighted by atomic mass is 10.2. The molecule has 1 N–H and O–H groups in total. The first-order chi connectivity index (χ1) is 9.56. The molecular weight excluding hydrogens is 294 g/mol. The first-order valence-electron chi connectivity index (χ1n) is 5.83. The Morgan fingerprint density at radius 1 is 1.35 bits per heavy atom. The number of carboxylic acid groups (broad SMARTS) is 1. The number of rotatable bonds is 3. The number of hydrogen-bond acceptors (Lipinski definition) is 5. The van der Waals surface area contributed by atoms with E-state index in [9.17, 15) is 4.79 Å². The van der Waals surface area contributed by atoms with Gasteiger partial charge in [-0.3, -0.25) is 4.68 Å². The molecule has 0 unspecified atom stereocenters. The maximum Gasteiger partial charge on any atom is 0.336 e. The van der Waals surface area contributed by atoms with Gasteiger partial charge in [-0.2, -0.15) is 5.10 Å². The van der Waals surface area contributed by atoms with Crippen molar-refractivity contribution in [1.82, 2.24) is 14.8 Å². The first-order valence-corrected chi connectivity index (χ1v) is 7.59. The average Bonchev–Trinajstić information content (AvgIpc) is 3.10. The summed E-state index contributed by atoms with van der Waals surface area (Å²) in [6.45, 7) is 2.00. The fourth-order valence-electron chi connectivity index (χ4n) is 1.80. The maximum absolute atomic E-state index is 10.9. The van der Waals surface area contributed by atoms with E-state index < -0.39 is 5.97 Å². The van der Waals surface area contributed by atoms with Crippen LogP contribution in [0.2, 0.25) is 0 Å². The smallest absolute Gasteiger partial charge is 0.336 e. The van der Waals surface area contributed by atoms with Gasteiger partial charge in [0.2, 0.25) is 0 Å². The highest BCUT2D eigenvalue weighted by molar-refractivity contribution is 7.15. The molecule has 0 saturated heterocycles. The van der Waals surface area contributed by atoms with Crippen LogP contribution in [-0.4, -0.2) is 25.8 Å². The van der Waals surface area contributed by atoms with Crippen molar-refractivity contribution in [1.29, 1.82) is 0 Å². The van der Waals surface area contributed by atoms with Crippen LogP contribution in [0.15, 0.2) is 23.0 Å². The number of aromatic nitrogens is 3. The number of thiophene rings is 1. The molecule has 0 spiro atoms. The van der Waals surface area contributed by atoms with E-state index in [1.54, 1.807) is 17.6 Å². The molecule has 7 heteroatoms. The van der Waals surface area contributed by atoms with Crippen molar-refractivity contribution in [2.24, 2.45) is 7.05 Å². The zero-order valence-electron chi connectivity index (χ0n) is 10.8. The van der Waals surface area contributed by atoms with E-state index in [4.69, 9.17) is 5.11 Å². The van der Waals surface area contributed by atoms with Gasteiger partial charge < -0.3 is 5.11 Å². The Balaban J connectivity index is 1.97. The summed E-state index contributed by atoms with van der Waals surface area (Å²) in [5.74, 6) is -0.911. The molecule has 0 aromatic carbocycles. The van der Waals surface area contributed by atoms with E-state index in [0.717, 1.165) is 26.8 Å². The Bertz CT molecular complexity index is 785. The Kier molecular flexibility index (Phi) is 3.15. The predicted octanol–water partition coefficient (Wildman–Crippen LogP) is 3.28. The lowest BCUT2D eigenvalue weighted by Gasteiger charge is -1.95. The average molecular weight is 305 g/mol. The van der Waals surface area contributed by atoms with E-state index in [2.05, 4.69) is 10.1 Å². The summed E-state index contributed by atoms with van der Waals surface area (Å²) in [7, 11) is 1.89. The molecule has 3 aromatic heterocycles. The van der Waals surface area contributed by atoms with Gasteiger partial charge in [-0.1, -0.05) is 0 Å². The summed E-state index contributed by atoms with van der Waals surface area (Å²) >= 11 is 2.93. The Morgan fingerprint density at radius 2 is 2.15 bits per heavy atom. The molecule has 5 nitrogen and oxygen atoms in total. The quantitative estimate of drug-likeness (QED) is 0.806. The van der Waals surface area contributed by atoms with Crippen molar-refractivity contribution in [3.05, 3.63) is 34.3 Å². The highest BCUT2D eigenvalue weighted by atomic mass is 32.1. The third-order valence-corrected chi connectivity index (χ3v) is 4.90. The predicted molar refractivity (Wildman–Crippen MR) is 79.3 cm³/mol. The summed E-state index contributed by atoms with van der Waals surface area (Å²) in [6.07, 6.45) is 1.80. The van der Waals surface area contributed by atoms with Crippen molar-refractivity contribution < 1.29 is 9.90 Å². The van der Waals surface area contributed by atoms with Crippen molar-refractivity contribution >= 4 is 28.6 Å². The second-order valence-electron chi connectivity index (χ2n) is 4.31. The molecule has 3 heterocycles. The van der Waals surface area contributed by atoms with E-state index in [-0.39, 0.29) is 0 Å². The van der Waals surface area contributed by atoms with Crippen LogP contribution in [0.3, 0.4) is 0 Å². The van der Waals surface area contributed by atoms with Crippen molar-refractivity contribution in [3.8, 4) is 21.1 Å². The van der Waals surface area contributed by atoms with Crippen LogP contribution < -0.4 is 0 Å². The van der Waals surface area contributed by atoms with Crippen LogP contribution >= 0.6 is 22.7 Å². The lowest BCUT2D eigenvalue weighted by Crippen LogP contribution is -1.92. The molecule has 3 rings (SSSR count). The van der Waals surface area contributed by atoms with E-state index in [1.807, 2.05) is 24.0 Å². The van der Waals surface area contributed by atoms with Crippen molar-refractivity contribution in [2.45, 2.75) is 6.92 Å². The lowest BCUT2D eigenvalue weighted by molar-refractivity contribution is 0.0697. The minimum atomic E-state index is -0.911.